The summed E-state index contributed by atoms with van der Waals surface area (Å²) in [4.78, 5) is 14.6. The second kappa shape index (κ2) is 10.3. The molecule has 4 heteroatoms. The molecule has 1 N–H and O–H groups in total. The van der Waals surface area contributed by atoms with Crippen LogP contribution >= 0.6 is 11.8 Å². The standard InChI is InChI=1S/C21H28N2OS/c1-4-23(5-2)15-18-8-6-17(7-9-18)14-22-21(24)20-12-10-19(11-13-20)16-25-3/h6-13H,4-5,14-16H2,1-3H3,(H,22,24). The molecule has 0 atom stereocenters. The van der Waals surface area contributed by atoms with Crippen molar-refractivity contribution in [3.63, 3.8) is 0 Å². The van der Waals surface area contributed by atoms with Crippen LogP contribution in [-0.4, -0.2) is 30.2 Å². The number of amides is 1. The summed E-state index contributed by atoms with van der Waals surface area (Å²) in [5.74, 6) is 0.949. The molecule has 2 rings (SSSR count). The van der Waals surface area contributed by atoms with Gasteiger partial charge in [-0.1, -0.05) is 50.2 Å². The van der Waals surface area contributed by atoms with Crippen LogP contribution in [0.2, 0.25) is 0 Å². The summed E-state index contributed by atoms with van der Waals surface area (Å²) in [7, 11) is 0. The van der Waals surface area contributed by atoms with Crippen molar-refractivity contribution in [3.8, 4) is 0 Å². The highest BCUT2D eigenvalue weighted by molar-refractivity contribution is 7.97. The predicted octanol–water partition coefficient (Wildman–Crippen LogP) is 4.32. The van der Waals surface area contributed by atoms with E-state index in [9.17, 15) is 4.79 Å². The minimum Gasteiger partial charge on any atom is -0.348 e. The maximum atomic E-state index is 12.3. The summed E-state index contributed by atoms with van der Waals surface area (Å²) in [6.45, 7) is 8.01. The van der Waals surface area contributed by atoms with Crippen LogP contribution in [0.4, 0.5) is 0 Å². The van der Waals surface area contributed by atoms with Gasteiger partial charge in [0, 0.05) is 24.4 Å². The van der Waals surface area contributed by atoms with Crippen LogP contribution in [0.3, 0.4) is 0 Å². The lowest BCUT2D eigenvalue weighted by Crippen LogP contribution is -2.23. The van der Waals surface area contributed by atoms with Crippen LogP contribution in [0, 0.1) is 0 Å². The molecule has 25 heavy (non-hydrogen) atoms. The molecular weight excluding hydrogens is 328 g/mol. The largest absolute Gasteiger partial charge is 0.348 e. The molecule has 0 fully saturated rings. The molecule has 0 aliphatic heterocycles. The number of hydrogen-bond donors (Lipinski definition) is 1. The van der Waals surface area contributed by atoms with Crippen molar-refractivity contribution >= 4 is 17.7 Å². The molecule has 0 saturated carbocycles. The number of carbonyl (C=O) groups excluding carboxylic acids is 1. The number of nitrogens with one attached hydrogen (secondary N) is 1. The summed E-state index contributed by atoms with van der Waals surface area (Å²) in [6.07, 6.45) is 2.08. The lowest BCUT2D eigenvalue weighted by Gasteiger charge is -2.18. The molecule has 0 spiro atoms. The molecule has 134 valence electrons. The molecule has 0 aliphatic carbocycles. The maximum absolute atomic E-state index is 12.3. The fourth-order valence-electron chi connectivity index (χ4n) is 2.67. The van der Waals surface area contributed by atoms with Crippen molar-refractivity contribution in [2.24, 2.45) is 0 Å². The molecule has 0 unspecified atom stereocenters. The van der Waals surface area contributed by atoms with E-state index in [0.29, 0.717) is 12.1 Å². The number of carbonyl (C=O) groups is 1. The first-order valence-corrected chi connectivity index (χ1v) is 10.2. The van der Waals surface area contributed by atoms with Crippen molar-refractivity contribution in [3.05, 3.63) is 70.8 Å². The predicted molar refractivity (Wildman–Crippen MR) is 108 cm³/mol. The van der Waals surface area contributed by atoms with Gasteiger partial charge in [-0.05, 0) is 48.2 Å². The number of rotatable bonds is 9. The zero-order valence-corrected chi connectivity index (χ0v) is 16.2. The minimum absolute atomic E-state index is 0.0251. The van der Waals surface area contributed by atoms with Crippen LogP contribution in [0.15, 0.2) is 48.5 Å². The SMILES string of the molecule is CCN(CC)Cc1ccc(CNC(=O)c2ccc(CSC)cc2)cc1. The monoisotopic (exact) mass is 356 g/mol. The van der Waals surface area contributed by atoms with Gasteiger partial charge in [-0.15, -0.1) is 0 Å². The summed E-state index contributed by atoms with van der Waals surface area (Å²) in [5, 5.41) is 2.99. The van der Waals surface area contributed by atoms with Crippen molar-refractivity contribution in [2.75, 3.05) is 19.3 Å². The summed E-state index contributed by atoms with van der Waals surface area (Å²) in [6, 6.07) is 16.3. The smallest absolute Gasteiger partial charge is 0.251 e. The Hall–Kier alpha value is -1.78. The van der Waals surface area contributed by atoms with Gasteiger partial charge in [0.1, 0.15) is 0 Å². The molecule has 0 aliphatic rings. The molecule has 0 heterocycles. The highest BCUT2D eigenvalue weighted by Crippen LogP contribution is 2.11. The number of nitrogens with zero attached hydrogens (tertiary/aromatic N) is 1. The topological polar surface area (TPSA) is 32.3 Å². The molecule has 0 bridgehead atoms. The summed E-state index contributed by atoms with van der Waals surface area (Å²) < 4.78 is 0. The van der Waals surface area contributed by atoms with E-state index >= 15 is 0 Å². The van der Waals surface area contributed by atoms with Gasteiger partial charge < -0.3 is 5.32 Å². The van der Waals surface area contributed by atoms with E-state index in [0.717, 1.165) is 31.0 Å². The highest BCUT2D eigenvalue weighted by atomic mass is 32.2. The third kappa shape index (κ3) is 6.22. The molecule has 0 radical (unpaired) electrons. The molecule has 2 aromatic rings. The molecule has 2 aromatic carbocycles. The number of benzene rings is 2. The lowest BCUT2D eigenvalue weighted by atomic mass is 10.1. The Morgan fingerprint density at radius 2 is 1.48 bits per heavy atom. The number of hydrogen-bond acceptors (Lipinski definition) is 3. The average molecular weight is 357 g/mol. The van der Waals surface area contributed by atoms with Crippen molar-refractivity contribution in [1.82, 2.24) is 10.2 Å². The molecule has 0 aromatic heterocycles. The first-order chi connectivity index (χ1) is 12.2. The van der Waals surface area contributed by atoms with Crippen LogP contribution in [0.5, 0.6) is 0 Å². The third-order valence-corrected chi connectivity index (χ3v) is 4.93. The van der Waals surface area contributed by atoms with E-state index in [4.69, 9.17) is 0 Å². The first kappa shape index (κ1) is 19.5. The Morgan fingerprint density at radius 3 is 2.04 bits per heavy atom. The Morgan fingerprint density at radius 1 is 0.920 bits per heavy atom. The number of thioether (sulfide) groups is 1. The van der Waals surface area contributed by atoms with E-state index in [1.165, 1.54) is 11.1 Å². The Labute approximate surface area is 155 Å². The van der Waals surface area contributed by atoms with Gasteiger partial charge >= 0.3 is 0 Å². The van der Waals surface area contributed by atoms with Crippen molar-refractivity contribution in [2.45, 2.75) is 32.7 Å². The zero-order chi connectivity index (χ0) is 18.1. The summed E-state index contributed by atoms with van der Waals surface area (Å²) >= 11 is 1.78. The van der Waals surface area contributed by atoms with E-state index in [1.807, 2.05) is 24.3 Å². The Bertz CT molecular complexity index is 649. The molecule has 0 saturated heterocycles. The van der Waals surface area contributed by atoms with Gasteiger partial charge in [-0.25, -0.2) is 0 Å². The molecular formula is C21H28N2OS. The van der Waals surface area contributed by atoms with Crippen LogP contribution in [-0.2, 0) is 18.8 Å². The Kier molecular flexibility index (Phi) is 8.02. The van der Waals surface area contributed by atoms with Gasteiger partial charge in [0.25, 0.3) is 5.91 Å². The molecule has 1 amide bonds. The van der Waals surface area contributed by atoms with Gasteiger partial charge in [-0.3, -0.25) is 9.69 Å². The first-order valence-electron chi connectivity index (χ1n) is 8.82. The van der Waals surface area contributed by atoms with Crippen LogP contribution < -0.4 is 5.32 Å². The van der Waals surface area contributed by atoms with Crippen LogP contribution in [0.25, 0.3) is 0 Å². The third-order valence-electron chi connectivity index (χ3n) is 4.30. The lowest BCUT2D eigenvalue weighted by molar-refractivity contribution is 0.0951. The zero-order valence-electron chi connectivity index (χ0n) is 15.4. The van der Waals surface area contributed by atoms with E-state index in [2.05, 4.69) is 54.6 Å². The van der Waals surface area contributed by atoms with E-state index < -0.39 is 0 Å². The maximum Gasteiger partial charge on any atom is 0.251 e. The average Bonchev–Trinajstić information content (AvgIpc) is 2.66. The normalized spacial score (nSPS) is 10.9. The van der Waals surface area contributed by atoms with Crippen LogP contribution in [0.1, 0.15) is 40.9 Å². The fraction of sp³-hybridized carbons (Fsp3) is 0.381. The minimum atomic E-state index is -0.0251. The van der Waals surface area contributed by atoms with E-state index in [1.54, 1.807) is 11.8 Å². The van der Waals surface area contributed by atoms with Crippen molar-refractivity contribution in [1.29, 1.82) is 0 Å². The second-order valence-electron chi connectivity index (χ2n) is 6.09. The van der Waals surface area contributed by atoms with Gasteiger partial charge in [0.2, 0.25) is 0 Å². The Balaban J connectivity index is 1.86. The summed E-state index contributed by atoms with van der Waals surface area (Å²) in [5.41, 5.74) is 4.38. The fourth-order valence-corrected chi connectivity index (χ4v) is 3.20. The second-order valence-corrected chi connectivity index (χ2v) is 6.96. The van der Waals surface area contributed by atoms with E-state index in [-0.39, 0.29) is 5.91 Å². The highest BCUT2D eigenvalue weighted by Gasteiger charge is 2.06. The van der Waals surface area contributed by atoms with Gasteiger partial charge in [-0.2, -0.15) is 11.8 Å². The van der Waals surface area contributed by atoms with Gasteiger partial charge in [0.15, 0.2) is 0 Å². The molecule has 3 nitrogen and oxygen atoms in total. The van der Waals surface area contributed by atoms with Crippen molar-refractivity contribution < 1.29 is 4.79 Å². The quantitative estimate of drug-likeness (QED) is 0.726. The van der Waals surface area contributed by atoms with Gasteiger partial charge in [0.05, 0.1) is 0 Å².